The molecule has 0 bridgehead atoms. The number of carboxylic acids is 1. The monoisotopic (exact) mass is 312 g/mol. The van der Waals surface area contributed by atoms with Gasteiger partial charge in [-0.2, -0.15) is 0 Å². The van der Waals surface area contributed by atoms with E-state index < -0.39 is 27.3 Å². The van der Waals surface area contributed by atoms with Crippen LogP contribution < -0.4 is 4.72 Å². The number of aryl methyl sites for hydroxylation is 1. The average Bonchev–Trinajstić information content (AvgIpc) is 2.82. The van der Waals surface area contributed by atoms with E-state index in [1.807, 2.05) is 0 Å². The average molecular weight is 312 g/mol. The largest absolute Gasteiger partial charge is 0.507 e. The topological polar surface area (TPSA) is 134 Å². The Hall–Kier alpha value is -2.46. The number of phenols is 1. The standard InChI is InChI=1S/C11H12N4O5S/c1-15-6-12-14-10(15)5-13-21(19,20)7-2-3-9(16)8(4-7)11(17)18/h2-4,6,13,16H,5H2,1H3,(H,17,18). The zero-order chi connectivity index (χ0) is 15.6. The van der Waals surface area contributed by atoms with E-state index in [2.05, 4.69) is 14.9 Å². The van der Waals surface area contributed by atoms with Crippen LogP contribution in [0.4, 0.5) is 0 Å². The fraction of sp³-hybridized carbons (Fsp3) is 0.182. The van der Waals surface area contributed by atoms with Crippen molar-refractivity contribution in [1.82, 2.24) is 19.5 Å². The summed E-state index contributed by atoms with van der Waals surface area (Å²) < 4.78 is 28.0. The van der Waals surface area contributed by atoms with E-state index in [1.54, 1.807) is 11.6 Å². The molecule has 0 saturated carbocycles. The van der Waals surface area contributed by atoms with Crippen LogP contribution in [0.25, 0.3) is 0 Å². The van der Waals surface area contributed by atoms with E-state index in [9.17, 15) is 18.3 Å². The third-order valence-corrected chi connectivity index (χ3v) is 4.13. The van der Waals surface area contributed by atoms with E-state index in [-0.39, 0.29) is 11.4 Å². The molecule has 0 saturated heterocycles. The molecule has 1 aromatic carbocycles. The van der Waals surface area contributed by atoms with Gasteiger partial charge in [0, 0.05) is 7.05 Å². The van der Waals surface area contributed by atoms with Crippen molar-refractivity contribution in [3.8, 4) is 5.75 Å². The molecule has 1 heterocycles. The van der Waals surface area contributed by atoms with Gasteiger partial charge in [0.2, 0.25) is 10.0 Å². The van der Waals surface area contributed by atoms with Crippen molar-refractivity contribution in [1.29, 1.82) is 0 Å². The summed E-state index contributed by atoms with van der Waals surface area (Å²) in [6.45, 7) is -0.0951. The first-order valence-corrected chi connectivity index (χ1v) is 7.18. The number of aromatic hydroxyl groups is 1. The van der Waals surface area contributed by atoms with E-state index in [4.69, 9.17) is 5.11 Å². The van der Waals surface area contributed by atoms with Gasteiger partial charge >= 0.3 is 5.97 Å². The van der Waals surface area contributed by atoms with Gasteiger partial charge < -0.3 is 14.8 Å². The van der Waals surface area contributed by atoms with Gasteiger partial charge in [0.25, 0.3) is 0 Å². The summed E-state index contributed by atoms with van der Waals surface area (Å²) in [5.74, 6) is -1.52. The first-order chi connectivity index (χ1) is 9.81. The number of aromatic carboxylic acids is 1. The molecule has 2 rings (SSSR count). The van der Waals surface area contributed by atoms with E-state index in [0.29, 0.717) is 5.82 Å². The van der Waals surface area contributed by atoms with Gasteiger partial charge in [-0.1, -0.05) is 0 Å². The summed E-state index contributed by atoms with van der Waals surface area (Å²) in [6.07, 6.45) is 1.42. The van der Waals surface area contributed by atoms with Gasteiger partial charge in [-0.3, -0.25) is 0 Å². The van der Waals surface area contributed by atoms with Crippen LogP contribution in [-0.4, -0.2) is 39.4 Å². The quantitative estimate of drug-likeness (QED) is 0.689. The maximum atomic E-state index is 12.1. The first-order valence-electron chi connectivity index (χ1n) is 5.70. The lowest BCUT2D eigenvalue weighted by molar-refractivity contribution is 0.0693. The molecule has 2 aromatic rings. The summed E-state index contributed by atoms with van der Waals surface area (Å²) >= 11 is 0. The Bertz CT molecular complexity index is 784. The van der Waals surface area contributed by atoms with Crippen molar-refractivity contribution in [2.24, 2.45) is 7.05 Å². The van der Waals surface area contributed by atoms with Crippen LogP contribution in [0.3, 0.4) is 0 Å². The number of hydrogen-bond acceptors (Lipinski definition) is 6. The fourth-order valence-corrected chi connectivity index (χ4v) is 2.57. The minimum atomic E-state index is -3.93. The number of nitrogens with zero attached hydrogens (tertiary/aromatic N) is 3. The molecule has 112 valence electrons. The highest BCUT2D eigenvalue weighted by Crippen LogP contribution is 2.21. The van der Waals surface area contributed by atoms with Crippen molar-refractivity contribution in [2.45, 2.75) is 11.4 Å². The van der Waals surface area contributed by atoms with Gasteiger partial charge in [-0.05, 0) is 18.2 Å². The molecule has 0 amide bonds. The Morgan fingerprint density at radius 1 is 1.43 bits per heavy atom. The lowest BCUT2D eigenvalue weighted by Gasteiger charge is -2.08. The van der Waals surface area contributed by atoms with Gasteiger partial charge in [0.05, 0.1) is 11.4 Å². The van der Waals surface area contributed by atoms with Crippen LogP contribution in [0.15, 0.2) is 29.4 Å². The zero-order valence-electron chi connectivity index (χ0n) is 10.9. The van der Waals surface area contributed by atoms with Crippen molar-refractivity contribution in [2.75, 3.05) is 0 Å². The summed E-state index contributed by atoms with van der Waals surface area (Å²) in [4.78, 5) is 10.6. The predicted molar refractivity (Wildman–Crippen MR) is 70.1 cm³/mol. The van der Waals surface area contributed by atoms with E-state index in [0.717, 1.165) is 18.2 Å². The molecule has 0 unspecified atom stereocenters. The Morgan fingerprint density at radius 2 is 2.14 bits per heavy atom. The molecule has 3 N–H and O–H groups in total. The third-order valence-electron chi connectivity index (χ3n) is 2.73. The highest BCUT2D eigenvalue weighted by atomic mass is 32.2. The van der Waals surface area contributed by atoms with Crippen LogP contribution in [0.5, 0.6) is 5.75 Å². The Balaban J connectivity index is 2.26. The van der Waals surface area contributed by atoms with Crippen LogP contribution >= 0.6 is 0 Å². The summed E-state index contributed by atoms with van der Waals surface area (Å²) in [6, 6.07) is 3.01. The lowest BCUT2D eigenvalue weighted by Crippen LogP contribution is -2.25. The molecule has 21 heavy (non-hydrogen) atoms. The molecule has 0 aliphatic heterocycles. The maximum Gasteiger partial charge on any atom is 0.339 e. The Kier molecular flexibility index (Phi) is 3.91. The van der Waals surface area contributed by atoms with Crippen molar-refractivity contribution < 1.29 is 23.4 Å². The second kappa shape index (κ2) is 5.50. The number of aromatic nitrogens is 3. The third kappa shape index (κ3) is 3.17. The molecule has 0 fully saturated rings. The smallest absolute Gasteiger partial charge is 0.339 e. The van der Waals surface area contributed by atoms with Gasteiger partial charge in [0.15, 0.2) is 0 Å². The van der Waals surface area contributed by atoms with E-state index in [1.165, 1.54) is 6.33 Å². The predicted octanol–water partition coefficient (Wildman–Crippen LogP) is -0.303. The SMILES string of the molecule is Cn1cnnc1CNS(=O)(=O)c1ccc(O)c(C(=O)O)c1. The highest BCUT2D eigenvalue weighted by Gasteiger charge is 2.19. The number of nitrogens with one attached hydrogen (secondary N) is 1. The van der Waals surface area contributed by atoms with Gasteiger partial charge in [-0.15, -0.1) is 10.2 Å². The molecule has 0 atom stereocenters. The number of rotatable bonds is 5. The maximum absolute atomic E-state index is 12.1. The number of benzene rings is 1. The second-order valence-corrected chi connectivity index (χ2v) is 5.93. The first kappa shape index (κ1) is 14.9. The molecule has 0 spiro atoms. The number of carboxylic acid groups (broad SMARTS) is 1. The Morgan fingerprint density at radius 3 is 2.71 bits per heavy atom. The fourth-order valence-electron chi connectivity index (χ4n) is 1.56. The van der Waals surface area contributed by atoms with Crippen molar-refractivity contribution in [3.63, 3.8) is 0 Å². The molecule has 9 nitrogen and oxygen atoms in total. The van der Waals surface area contributed by atoms with Crippen molar-refractivity contribution in [3.05, 3.63) is 35.9 Å². The van der Waals surface area contributed by atoms with Crippen LogP contribution in [0.2, 0.25) is 0 Å². The summed E-state index contributed by atoms with van der Waals surface area (Å²) in [5, 5.41) is 25.6. The summed E-state index contributed by atoms with van der Waals surface area (Å²) in [5.41, 5.74) is -0.489. The van der Waals surface area contributed by atoms with Crippen LogP contribution in [0, 0.1) is 0 Å². The molecular weight excluding hydrogens is 300 g/mol. The zero-order valence-corrected chi connectivity index (χ0v) is 11.7. The Labute approximate surface area is 119 Å². The molecule has 0 radical (unpaired) electrons. The van der Waals surface area contributed by atoms with Crippen LogP contribution in [-0.2, 0) is 23.6 Å². The minimum absolute atomic E-state index is 0.0951. The molecule has 0 aliphatic rings. The minimum Gasteiger partial charge on any atom is -0.507 e. The molecule has 1 aromatic heterocycles. The number of hydrogen-bond donors (Lipinski definition) is 3. The normalized spacial score (nSPS) is 11.5. The second-order valence-electron chi connectivity index (χ2n) is 4.17. The molecular formula is C11H12N4O5S. The summed E-state index contributed by atoms with van der Waals surface area (Å²) in [7, 11) is -2.27. The van der Waals surface area contributed by atoms with E-state index >= 15 is 0 Å². The molecule has 10 heteroatoms. The molecule has 0 aliphatic carbocycles. The number of sulfonamides is 1. The highest BCUT2D eigenvalue weighted by molar-refractivity contribution is 7.89. The van der Waals surface area contributed by atoms with Crippen molar-refractivity contribution >= 4 is 16.0 Å². The van der Waals surface area contributed by atoms with Gasteiger partial charge in [0.1, 0.15) is 23.5 Å². The number of carbonyl (C=O) groups is 1. The van der Waals surface area contributed by atoms with Gasteiger partial charge in [-0.25, -0.2) is 17.9 Å². The lowest BCUT2D eigenvalue weighted by atomic mass is 10.2. The van der Waals surface area contributed by atoms with Crippen LogP contribution in [0.1, 0.15) is 16.2 Å².